The molecule has 0 fully saturated rings. The lowest BCUT2D eigenvalue weighted by atomic mass is 10.3. The van der Waals surface area contributed by atoms with Gasteiger partial charge in [0.1, 0.15) is 5.69 Å². The van der Waals surface area contributed by atoms with Gasteiger partial charge in [0.25, 0.3) is 5.91 Å². The van der Waals surface area contributed by atoms with Crippen molar-refractivity contribution in [1.82, 2.24) is 15.3 Å². The molecule has 0 aromatic carbocycles. The van der Waals surface area contributed by atoms with E-state index in [9.17, 15) is 9.18 Å². The van der Waals surface area contributed by atoms with E-state index in [2.05, 4.69) is 15.3 Å². The highest BCUT2D eigenvalue weighted by atomic mass is 32.1. The molecule has 0 unspecified atom stereocenters. The summed E-state index contributed by atoms with van der Waals surface area (Å²) in [5.74, 6) is -1.03. The monoisotopic (exact) mass is 265 g/mol. The number of hydrogen-bond donors (Lipinski definition) is 1. The minimum absolute atomic E-state index is 0.0883. The molecule has 2 rings (SSSR count). The number of carbonyl (C=O) groups is 1. The van der Waals surface area contributed by atoms with Crippen molar-refractivity contribution < 1.29 is 9.18 Å². The van der Waals surface area contributed by atoms with Crippen LogP contribution in [0.3, 0.4) is 0 Å². The molecule has 2 heterocycles. The fourth-order valence-electron chi connectivity index (χ4n) is 1.43. The fourth-order valence-corrected chi connectivity index (χ4v) is 2.20. The molecule has 2 aromatic rings. The summed E-state index contributed by atoms with van der Waals surface area (Å²) in [6, 6.07) is 4.14. The molecule has 0 saturated heterocycles. The summed E-state index contributed by atoms with van der Waals surface area (Å²) in [4.78, 5) is 19.4. The molecular weight excluding hydrogens is 253 g/mol. The van der Waals surface area contributed by atoms with E-state index < -0.39 is 5.95 Å². The molecule has 0 aliphatic heterocycles. The second-order valence-corrected chi connectivity index (χ2v) is 4.68. The Morgan fingerprint density at radius 3 is 2.94 bits per heavy atom. The number of nitrogens with zero attached hydrogens (tertiary/aromatic N) is 2. The molecule has 0 saturated carbocycles. The highest BCUT2D eigenvalue weighted by Crippen LogP contribution is 2.08. The van der Waals surface area contributed by atoms with Crippen LogP contribution in [0, 0.1) is 12.9 Å². The van der Waals surface area contributed by atoms with Crippen molar-refractivity contribution in [3.8, 4) is 0 Å². The van der Waals surface area contributed by atoms with Crippen molar-refractivity contribution in [2.45, 2.75) is 13.3 Å². The van der Waals surface area contributed by atoms with Crippen molar-refractivity contribution in [1.29, 1.82) is 0 Å². The van der Waals surface area contributed by atoms with Crippen molar-refractivity contribution >= 4 is 17.2 Å². The largest absolute Gasteiger partial charge is 0.350 e. The molecular formula is C12H12FN3OS. The van der Waals surface area contributed by atoms with E-state index in [1.54, 1.807) is 11.3 Å². The Hall–Kier alpha value is -1.82. The third kappa shape index (κ3) is 3.33. The van der Waals surface area contributed by atoms with Crippen LogP contribution in [0.4, 0.5) is 4.39 Å². The van der Waals surface area contributed by atoms with Crippen LogP contribution in [0.15, 0.2) is 23.6 Å². The molecule has 18 heavy (non-hydrogen) atoms. The SMILES string of the molecule is Cc1csc(CCNC(=O)c2cccc(F)n2)n1. The van der Waals surface area contributed by atoms with Gasteiger partial charge in [0.2, 0.25) is 5.95 Å². The third-order valence-electron chi connectivity index (χ3n) is 2.24. The third-order valence-corrected chi connectivity index (χ3v) is 3.27. The number of nitrogens with one attached hydrogen (secondary N) is 1. The van der Waals surface area contributed by atoms with Crippen LogP contribution in [0.1, 0.15) is 21.2 Å². The average molecular weight is 265 g/mol. The van der Waals surface area contributed by atoms with Crippen LogP contribution >= 0.6 is 11.3 Å². The maximum absolute atomic E-state index is 12.8. The molecule has 0 bridgehead atoms. The standard InChI is InChI=1S/C12H12FN3OS/c1-8-7-18-11(15-8)5-6-14-12(17)9-3-2-4-10(13)16-9/h2-4,7H,5-6H2,1H3,(H,14,17). The van der Waals surface area contributed by atoms with Crippen molar-refractivity contribution in [2.75, 3.05) is 6.54 Å². The number of aromatic nitrogens is 2. The predicted octanol–water partition coefficient (Wildman–Crippen LogP) is 1.96. The van der Waals surface area contributed by atoms with Crippen LogP contribution in [0.2, 0.25) is 0 Å². The van der Waals surface area contributed by atoms with Gasteiger partial charge in [-0.3, -0.25) is 4.79 Å². The zero-order valence-electron chi connectivity index (χ0n) is 9.81. The Morgan fingerprint density at radius 2 is 2.28 bits per heavy atom. The van der Waals surface area contributed by atoms with E-state index in [0.29, 0.717) is 13.0 Å². The molecule has 4 nitrogen and oxygen atoms in total. The van der Waals surface area contributed by atoms with Crippen LogP contribution in [-0.2, 0) is 6.42 Å². The van der Waals surface area contributed by atoms with E-state index in [-0.39, 0.29) is 11.6 Å². The summed E-state index contributed by atoms with van der Waals surface area (Å²) in [5.41, 5.74) is 1.07. The number of thiazole rings is 1. The predicted molar refractivity (Wildman–Crippen MR) is 67.1 cm³/mol. The van der Waals surface area contributed by atoms with Crippen molar-refractivity contribution in [3.05, 3.63) is 45.9 Å². The molecule has 2 aromatic heterocycles. The summed E-state index contributed by atoms with van der Waals surface area (Å²) in [6.45, 7) is 2.39. The summed E-state index contributed by atoms with van der Waals surface area (Å²) in [7, 11) is 0. The Morgan fingerprint density at radius 1 is 1.44 bits per heavy atom. The van der Waals surface area contributed by atoms with Gasteiger partial charge >= 0.3 is 0 Å². The van der Waals surface area contributed by atoms with Crippen molar-refractivity contribution in [3.63, 3.8) is 0 Å². The van der Waals surface area contributed by atoms with Gasteiger partial charge in [0.05, 0.1) is 5.01 Å². The molecule has 94 valence electrons. The lowest BCUT2D eigenvalue weighted by Gasteiger charge is -2.02. The zero-order chi connectivity index (χ0) is 13.0. The lowest BCUT2D eigenvalue weighted by Crippen LogP contribution is -2.26. The Labute approximate surface area is 108 Å². The van der Waals surface area contributed by atoms with Gasteiger partial charge in [-0.05, 0) is 19.1 Å². The number of halogens is 1. The molecule has 1 N–H and O–H groups in total. The lowest BCUT2D eigenvalue weighted by molar-refractivity contribution is 0.0948. The number of rotatable bonds is 4. The average Bonchev–Trinajstić information content (AvgIpc) is 2.75. The number of pyridine rings is 1. The maximum atomic E-state index is 12.8. The minimum Gasteiger partial charge on any atom is -0.350 e. The number of hydrogen-bond acceptors (Lipinski definition) is 4. The second kappa shape index (κ2) is 5.68. The fraction of sp³-hybridized carbons (Fsp3) is 0.250. The molecule has 0 aliphatic rings. The van der Waals surface area contributed by atoms with Gasteiger partial charge in [-0.15, -0.1) is 11.3 Å². The topological polar surface area (TPSA) is 54.9 Å². The highest BCUT2D eigenvalue weighted by Gasteiger charge is 2.07. The summed E-state index contributed by atoms with van der Waals surface area (Å²) in [6.07, 6.45) is 0.666. The van der Waals surface area contributed by atoms with Gasteiger partial charge in [-0.25, -0.2) is 9.97 Å². The first-order valence-electron chi connectivity index (χ1n) is 5.47. The van der Waals surface area contributed by atoms with Crippen molar-refractivity contribution in [2.24, 2.45) is 0 Å². The first-order chi connectivity index (χ1) is 8.65. The molecule has 1 amide bonds. The smallest absolute Gasteiger partial charge is 0.270 e. The molecule has 0 spiro atoms. The van der Waals surface area contributed by atoms with E-state index in [4.69, 9.17) is 0 Å². The maximum Gasteiger partial charge on any atom is 0.270 e. The van der Waals surface area contributed by atoms with Crippen LogP contribution in [0.25, 0.3) is 0 Å². The first-order valence-corrected chi connectivity index (χ1v) is 6.35. The van der Waals surface area contributed by atoms with Gasteiger partial charge in [-0.2, -0.15) is 4.39 Å². The number of amides is 1. The molecule has 6 heteroatoms. The van der Waals surface area contributed by atoms with E-state index >= 15 is 0 Å². The van der Waals surface area contributed by atoms with E-state index in [1.807, 2.05) is 12.3 Å². The van der Waals surface area contributed by atoms with E-state index in [1.165, 1.54) is 18.2 Å². The van der Waals surface area contributed by atoms with Crippen LogP contribution in [-0.4, -0.2) is 22.4 Å². The Bertz CT molecular complexity index is 556. The minimum atomic E-state index is -0.654. The Kier molecular flexibility index (Phi) is 3.99. The summed E-state index contributed by atoms with van der Waals surface area (Å²) >= 11 is 1.56. The molecule has 0 atom stereocenters. The van der Waals surface area contributed by atoms with Gasteiger partial charge in [-0.1, -0.05) is 6.07 Å². The Balaban J connectivity index is 1.85. The van der Waals surface area contributed by atoms with E-state index in [0.717, 1.165) is 10.7 Å². The van der Waals surface area contributed by atoms with Gasteiger partial charge < -0.3 is 5.32 Å². The number of aryl methyl sites for hydroxylation is 1. The summed E-state index contributed by atoms with van der Waals surface area (Å²) in [5, 5.41) is 5.62. The highest BCUT2D eigenvalue weighted by molar-refractivity contribution is 7.09. The summed E-state index contributed by atoms with van der Waals surface area (Å²) < 4.78 is 12.8. The molecule has 0 radical (unpaired) electrons. The normalized spacial score (nSPS) is 10.3. The van der Waals surface area contributed by atoms with Crippen LogP contribution < -0.4 is 5.32 Å². The quantitative estimate of drug-likeness (QED) is 0.860. The number of carbonyl (C=O) groups excluding carboxylic acids is 1. The van der Waals surface area contributed by atoms with Gasteiger partial charge in [0.15, 0.2) is 0 Å². The second-order valence-electron chi connectivity index (χ2n) is 3.73. The van der Waals surface area contributed by atoms with Gasteiger partial charge in [0, 0.05) is 24.0 Å². The zero-order valence-corrected chi connectivity index (χ0v) is 10.6. The van der Waals surface area contributed by atoms with Crippen LogP contribution in [0.5, 0.6) is 0 Å². The molecule has 0 aliphatic carbocycles. The first kappa shape index (κ1) is 12.6.